The van der Waals surface area contributed by atoms with Gasteiger partial charge in [-0.1, -0.05) is 51.0 Å². The smallest absolute Gasteiger partial charge is 0.726 e. The van der Waals surface area contributed by atoms with Crippen LogP contribution in [0.3, 0.4) is 0 Å². The minimum atomic E-state index is -5.44. The van der Waals surface area contributed by atoms with Crippen molar-refractivity contribution in [3.63, 3.8) is 0 Å². The predicted octanol–water partition coefficient (Wildman–Crippen LogP) is -6.23. The van der Waals surface area contributed by atoms with Crippen LogP contribution in [0.4, 0.5) is 0 Å². The van der Waals surface area contributed by atoms with E-state index in [1.54, 1.807) is 0 Å². The van der Waals surface area contributed by atoms with Gasteiger partial charge in [-0.05, 0) is 102 Å². The fourth-order valence-corrected chi connectivity index (χ4v) is 17.2. The van der Waals surface area contributed by atoms with Crippen molar-refractivity contribution in [2.45, 2.75) is 242 Å². The van der Waals surface area contributed by atoms with E-state index in [0.29, 0.717) is 51.4 Å². The Labute approximate surface area is 551 Å². The Balaban J connectivity index is 0.00000541. The van der Waals surface area contributed by atoms with Gasteiger partial charge in [-0.3, -0.25) is 18.0 Å². The quantitative estimate of drug-likeness (QED) is 0.0221. The van der Waals surface area contributed by atoms with Gasteiger partial charge in [0.25, 0.3) is 0 Å². The van der Waals surface area contributed by atoms with E-state index in [4.69, 9.17) is 52.1 Å². The van der Waals surface area contributed by atoms with Crippen molar-refractivity contribution in [1.82, 2.24) is 0 Å². The number of allylic oxidation sites excluding steroid dienone is 4. The molecule has 4 aliphatic carbocycles. The normalized spacial score (nSPS) is 46.9. The average molecular weight is 1300 g/mol. The summed E-state index contributed by atoms with van der Waals surface area (Å²) in [6.07, 6.45) is -23.8. The molecule has 0 aromatic heterocycles. The van der Waals surface area contributed by atoms with E-state index in [-0.39, 0.29) is 88.3 Å². The van der Waals surface area contributed by atoms with Crippen LogP contribution in [-0.4, -0.2) is 229 Å². The van der Waals surface area contributed by atoms with Crippen LogP contribution in [0.25, 0.3) is 0 Å². The van der Waals surface area contributed by atoms with E-state index in [2.05, 4.69) is 48.2 Å². The first-order chi connectivity index (χ1) is 39.5. The van der Waals surface area contributed by atoms with E-state index >= 15 is 0 Å². The monoisotopic (exact) mass is 1300 g/mol. The Morgan fingerprint density at radius 1 is 0.736 bits per heavy atom. The molecule has 17 unspecified atom stereocenters. The van der Waals surface area contributed by atoms with Crippen LogP contribution >= 0.6 is 0 Å². The molecule has 1 spiro atoms. The molecule has 0 radical (unpaired) electrons. The fourth-order valence-electron chi connectivity index (χ4n) is 16.4. The number of cyclic esters (lactones) is 1. The number of fused-ring (bicyclic) bond motifs is 4. The van der Waals surface area contributed by atoms with Crippen LogP contribution in [0.2, 0.25) is 0 Å². The molecule has 87 heavy (non-hydrogen) atoms. The molecule has 5 heterocycles. The summed E-state index contributed by atoms with van der Waals surface area (Å²) in [7, 11) is -9.62. The van der Waals surface area contributed by atoms with Crippen LogP contribution in [0.1, 0.15) is 114 Å². The number of aliphatic hydroxyl groups is 7. The second kappa shape index (κ2) is 27.7. The second-order valence-corrected chi connectivity index (χ2v) is 28.2. The van der Waals surface area contributed by atoms with Gasteiger partial charge in [0.2, 0.25) is 20.8 Å². The summed E-state index contributed by atoms with van der Waals surface area (Å²) in [6, 6.07) is 0. The first-order valence-corrected chi connectivity index (χ1v) is 31.6. The van der Waals surface area contributed by atoms with E-state index in [0.717, 1.165) is 18.3 Å². The number of esters is 2. The van der Waals surface area contributed by atoms with Gasteiger partial charge in [0, 0.05) is 19.4 Å². The molecule has 0 amide bonds. The van der Waals surface area contributed by atoms with Crippen molar-refractivity contribution >= 4 is 32.7 Å². The molecule has 7 N–H and O–H groups in total. The van der Waals surface area contributed by atoms with Crippen molar-refractivity contribution in [1.29, 1.82) is 0 Å². The molecule has 32 heteroatoms. The Kier molecular flexibility index (Phi) is 23.5. The fraction of sp³-hybridized carbons (Fsp3) is 0.891. The SMILES string of the molecule is COC1C(O)[C@H](OC2C(O)[C@H](O[C@@H]3C(C)O[C@@H](OC4C(O)[C@H](OS(=O)(=O)[O-])CO[C@H]4OC4CC[C@]5(C)C6CC[C@]78C(=O)OC(C)(CCC=C(C)C)C7C(OC(C)=O)CC8(C)C6=CCC5C4(C)C)C(O)C3O)OC[C@H]2O)OC(COS(=O)(=O)[O-])[C@H]1O.[Na+].[Na+]. The van der Waals surface area contributed by atoms with Crippen LogP contribution in [0, 0.1) is 39.4 Å². The Morgan fingerprint density at radius 3 is 2.00 bits per heavy atom. The van der Waals surface area contributed by atoms with Gasteiger partial charge in [0.1, 0.15) is 91.1 Å². The van der Waals surface area contributed by atoms with Crippen LogP contribution in [-0.2, 0) is 90.9 Å². The van der Waals surface area contributed by atoms with Crippen molar-refractivity contribution in [3.05, 3.63) is 23.3 Å². The molecule has 28 nitrogen and oxygen atoms in total. The predicted molar refractivity (Wildman–Crippen MR) is 282 cm³/mol. The maximum absolute atomic E-state index is 14.7. The van der Waals surface area contributed by atoms with E-state index in [9.17, 15) is 71.3 Å². The van der Waals surface area contributed by atoms with Gasteiger partial charge in [-0.2, -0.15) is 0 Å². The molecule has 9 aliphatic rings. The topological polar surface area (TPSA) is 410 Å². The molecule has 5 saturated heterocycles. The van der Waals surface area contributed by atoms with Gasteiger partial charge in [-0.15, -0.1) is 0 Å². The summed E-state index contributed by atoms with van der Waals surface area (Å²) >= 11 is 0. The van der Waals surface area contributed by atoms with Crippen molar-refractivity contribution in [2.24, 2.45) is 39.4 Å². The largest absolute Gasteiger partial charge is 1.00 e. The number of carbonyl (C=O) groups excluding carboxylic acids is 2. The summed E-state index contributed by atoms with van der Waals surface area (Å²) < 4.78 is 144. The summed E-state index contributed by atoms with van der Waals surface area (Å²) in [5.74, 6) is -1.08. The molecule has 3 saturated carbocycles. The van der Waals surface area contributed by atoms with Gasteiger partial charge in [-0.25, -0.2) is 16.8 Å². The van der Waals surface area contributed by atoms with Crippen LogP contribution in [0.5, 0.6) is 0 Å². The average Bonchev–Trinajstić information content (AvgIpc) is 1.53. The summed E-state index contributed by atoms with van der Waals surface area (Å²) in [4.78, 5) is 27.4. The number of carbonyl (C=O) groups is 2. The van der Waals surface area contributed by atoms with Gasteiger partial charge >= 0.3 is 71.1 Å². The summed E-state index contributed by atoms with van der Waals surface area (Å²) in [6.45, 7) is 15.0. The standard InChI is InChI=1S/C55H86O28S2.2Na/c1-24(2)12-11-17-54(9)45-30(76-26(4)56)20-53(8)28-13-14-33-51(5,6)34(16-18-52(33,7)27(28)15-19-55(45,53)50(64)82-54)78-49-44(36(59)32(22-73-49)83-85(68,69)70)81-47-38(61)37(60)41(25(3)75-47)79-46-39(62)42(29(57)21-72-46)80-48-40(63)43(71-10)35(58)31(77-48)23-74-84(65,66)67;;/h12-13,25,27,29-49,57-63H,11,14-23H2,1-10H3,(H,65,66,67)(H,68,69,70);;/q;2*+1/p-2/t25?,27?,29-,30?,31?,32-,33?,34?,35-,36?,37?,38?,39?,40?,41-,42?,43?,44?,45?,46+,47+,48+,49+,52-,53?,54?,55-;;/m1../s1. The van der Waals surface area contributed by atoms with Crippen molar-refractivity contribution in [2.75, 3.05) is 26.9 Å². The molecule has 0 aromatic rings. The minimum absolute atomic E-state index is 0. The number of hydrogen-bond donors (Lipinski definition) is 7. The number of ether oxygens (including phenoxy) is 11. The molecule has 8 fully saturated rings. The Hall–Kier alpha value is -0.480. The molecule has 0 aromatic carbocycles. The van der Waals surface area contributed by atoms with E-state index < -0.39 is 191 Å². The summed E-state index contributed by atoms with van der Waals surface area (Å²) in [5, 5.41) is 79.0. The molecule has 0 bridgehead atoms. The Morgan fingerprint density at radius 2 is 1.37 bits per heavy atom. The zero-order valence-corrected chi connectivity index (χ0v) is 56.9. The van der Waals surface area contributed by atoms with Crippen molar-refractivity contribution < 1.29 is 191 Å². The molecule has 9 rings (SSSR count). The van der Waals surface area contributed by atoms with E-state index in [1.807, 2.05) is 20.8 Å². The molecule has 486 valence electrons. The van der Waals surface area contributed by atoms with Gasteiger partial charge < -0.3 is 97.0 Å². The number of methoxy groups -OCH3 is 1. The molecule has 5 aliphatic heterocycles. The molecular formula is C55H84Na2O28S2. The maximum Gasteiger partial charge on any atom is 1.00 e. The van der Waals surface area contributed by atoms with Crippen LogP contribution < -0.4 is 59.1 Å². The summed E-state index contributed by atoms with van der Waals surface area (Å²) in [5.41, 5.74) is -1.19. The zero-order valence-electron chi connectivity index (χ0n) is 51.2. The maximum atomic E-state index is 14.7. The number of rotatable bonds is 18. The first-order valence-electron chi connectivity index (χ1n) is 29.0. The van der Waals surface area contributed by atoms with E-state index in [1.165, 1.54) is 13.8 Å². The second-order valence-electron chi connectivity index (χ2n) is 26.1. The third-order valence-electron chi connectivity index (χ3n) is 20.4. The van der Waals surface area contributed by atoms with Crippen molar-refractivity contribution in [3.8, 4) is 0 Å². The number of aliphatic hydroxyl groups excluding tert-OH is 7. The minimum Gasteiger partial charge on any atom is -0.726 e. The molecular weight excluding hydrogens is 1220 g/mol. The third-order valence-corrected chi connectivity index (χ3v) is 21.3. The first kappa shape index (κ1) is 73.9. The zero-order chi connectivity index (χ0) is 62.5. The van der Waals surface area contributed by atoms with Gasteiger partial charge in [0.15, 0.2) is 25.2 Å². The van der Waals surface area contributed by atoms with Gasteiger partial charge in [0.05, 0.1) is 43.4 Å². The third kappa shape index (κ3) is 14.1. The Bertz CT molecular complexity index is 2740. The van der Waals surface area contributed by atoms with Crippen LogP contribution in [0.15, 0.2) is 23.3 Å². The molecule has 27 atom stereocenters. The number of hydrogen-bond acceptors (Lipinski definition) is 28.